The maximum atomic E-state index is 10.4. The van der Waals surface area contributed by atoms with E-state index in [4.69, 9.17) is 16.3 Å². The molecule has 0 bridgehead atoms. The van der Waals surface area contributed by atoms with Gasteiger partial charge in [0, 0.05) is 19.2 Å². The average molecular weight is 300 g/mol. The third kappa shape index (κ3) is 4.58. The van der Waals surface area contributed by atoms with E-state index in [1.54, 1.807) is 6.07 Å². The van der Waals surface area contributed by atoms with Crippen LogP contribution in [0.1, 0.15) is 44.9 Å². The third-order valence-corrected chi connectivity index (χ3v) is 3.75. The van der Waals surface area contributed by atoms with Crippen LogP contribution in [-0.2, 0) is 11.3 Å². The molecule has 0 atom stereocenters. The van der Waals surface area contributed by atoms with E-state index >= 15 is 0 Å². The van der Waals surface area contributed by atoms with Crippen LogP contribution in [0.4, 0.5) is 5.82 Å². The first-order valence-corrected chi connectivity index (χ1v) is 7.56. The molecule has 0 unspecified atom stereocenters. The minimum Gasteiger partial charge on any atom is -0.388 e. The number of aromatic nitrogens is 2. The smallest absolute Gasteiger partial charge is 0.158 e. The highest BCUT2D eigenvalue weighted by Gasteiger charge is 2.28. The maximum Gasteiger partial charge on any atom is 0.158 e. The van der Waals surface area contributed by atoms with Gasteiger partial charge in [-0.25, -0.2) is 9.97 Å². The highest BCUT2D eigenvalue weighted by molar-refractivity contribution is 6.29. The summed E-state index contributed by atoms with van der Waals surface area (Å²) in [7, 11) is 0. The summed E-state index contributed by atoms with van der Waals surface area (Å²) in [5.41, 5.74) is -0.629. The Bertz CT molecular complexity index is 436. The number of nitrogens with one attached hydrogen (secondary N) is 1. The molecule has 0 aliphatic heterocycles. The third-order valence-electron chi connectivity index (χ3n) is 3.56. The Morgan fingerprint density at radius 1 is 1.35 bits per heavy atom. The molecule has 1 aliphatic carbocycles. The zero-order chi connectivity index (χ0) is 14.4. The van der Waals surface area contributed by atoms with Gasteiger partial charge in [0.05, 0.1) is 5.60 Å². The predicted octanol–water partition coefficient (Wildman–Crippen LogP) is 2.77. The SMILES string of the molecule is CCOCc1nc(Cl)cc(NCC2(O)CCCCC2)n1. The van der Waals surface area contributed by atoms with E-state index in [0.29, 0.717) is 36.6 Å². The topological polar surface area (TPSA) is 67.3 Å². The van der Waals surface area contributed by atoms with E-state index in [-0.39, 0.29) is 0 Å². The number of hydrogen-bond acceptors (Lipinski definition) is 5. The van der Waals surface area contributed by atoms with Gasteiger partial charge in [0.25, 0.3) is 0 Å². The van der Waals surface area contributed by atoms with Gasteiger partial charge in [-0.05, 0) is 19.8 Å². The van der Waals surface area contributed by atoms with Crippen molar-refractivity contribution in [2.45, 2.75) is 51.2 Å². The summed E-state index contributed by atoms with van der Waals surface area (Å²) in [4.78, 5) is 8.45. The molecule has 1 heterocycles. The van der Waals surface area contributed by atoms with E-state index in [2.05, 4.69) is 15.3 Å². The van der Waals surface area contributed by atoms with Gasteiger partial charge in [-0.15, -0.1) is 0 Å². The molecule has 2 N–H and O–H groups in total. The van der Waals surface area contributed by atoms with Crippen molar-refractivity contribution in [3.8, 4) is 0 Å². The van der Waals surface area contributed by atoms with E-state index in [1.165, 1.54) is 6.42 Å². The first-order valence-electron chi connectivity index (χ1n) is 7.19. The van der Waals surface area contributed by atoms with Gasteiger partial charge < -0.3 is 15.2 Å². The summed E-state index contributed by atoms with van der Waals surface area (Å²) in [5, 5.41) is 14.0. The second kappa shape index (κ2) is 7.20. The van der Waals surface area contributed by atoms with E-state index in [1.807, 2.05) is 6.92 Å². The molecule has 20 heavy (non-hydrogen) atoms. The molecule has 1 aliphatic rings. The Morgan fingerprint density at radius 2 is 2.10 bits per heavy atom. The highest BCUT2D eigenvalue weighted by atomic mass is 35.5. The van der Waals surface area contributed by atoms with Crippen molar-refractivity contribution in [2.75, 3.05) is 18.5 Å². The van der Waals surface area contributed by atoms with E-state index < -0.39 is 5.60 Å². The quantitative estimate of drug-likeness (QED) is 0.791. The Kier molecular flexibility index (Phi) is 5.57. The first-order chi connectivity index (χ1) is 9.61. The van der Waals surface area contributed by atoms with Crippen molar-refractivity contribution in [1.82, 2.24) is 9.97 Å². The van der Waals surface area contributed by atoms with Crippen molar-refractivity contribution < 1.29 is 9.84 Å². The number of rotatable bonds is 6. The van der Waals surface area contributed by atoms with Crippen LogP contribution in [0.15, 0.2) is 6.07 Å². The molecule has 0 saturated heterocycles. The molecule has 5 nitrogen and oxygen atoms in total. The molecule has 6 heteroatoms. The Labute approximate surface area is 124 Å². The van der Waals surface area contributed by atoms with Crippen molar-refractivity contribution >= 4 is 17.4 Å². The highest BCUT2D eigenvalue weighted by Crippen LogP contribution is 2.28. The number of anilines is 1. The Balaban J connectivity index is 1.96. The second-order valence-electron chi connectivity index (χ2n) is 5.27. The standard InChI is InChI=1S/C14H22ClN3O2/c1-2-20-9-13-17-11(15)8-12(18-13)16-10-14(19)6-4-3-5-7-14/h8,19H,2-7,9-10H2,1H3,(H,16,17,18). The van der Waals surface area contributed by atoms with Crippen molar-refractivity contribution in [3.05, 3.63) is 17.0 Å². The van der Waals surface area contributed by atoms with Crippen molar-refractivity contribution in [2.24, 2.45) is 0 Å². The van der Waals surface area contributed by atoms with Crippen LogP contribution in [0.2, 0.25) is 5.15 Å². The zero-order valence-corrected chi connectivity index (χ0v) is 12.6. The van der Waals surface area contributed by atoms with Crippen LogP contribution in [0.25, 0.3) is 0 Å². The van der Waals surface area contributed by atoms with E-state index in [9.17, 15) is 5.11 Å². The number of aliphatic hydroxyl groups is 1. The van der Waals surface area contributed by atoms with Gasteiger partial charge >= 0.3 is 0 Å². The summed E-state index contributed by atoms with van der Waals surface area (Å²) in [6.07, 6.45) is 5.05. The van der Waals surface area contributed by atoms with Gasteiger partial charge in [-0.1, -0.05) is 30.9 Å². The van der Waals surface area contributed by atoms with Gasteiger partial charge in [-0.3, -0.25) is 0 Å². The fourth-order valence-corrected chi connectivity index (χ4v) is 2.66. The number of halogens is 1. The lowest BCUT2D eigenvalue weighted by atomic mass is 9.85. The summed E-state index contributed by atoms with van der Waals surface area (Å²) in [5.74, 6) is 1.19. The van der Waals surface area contributed by atoms with Crippen LogP contribution in [0, 0.1) is 0 Å². The molecular formula is C14H22ClN3O2. The first kappa shape index (κ1) is 15.5. The minimum absolute atomic E-state index is 0.343. The molecule has 1 aromatic rings. The van der Waals surface area contributed by atoms with Crippen molar-refractivity contribution in [1.29, 1.82) is 0 Å². The van der Waals surface area contributed by atoms with Gasteiger partial charge in [0.15, 0.2) is 5.82 Å². The van der Waals surface area contributed by atoms with Crippen molar-refractivity contribution in [3.63, 3.8) is 0 Å². The molecule has 0 radical (unpaired) electrons. The number of hydrogen-bond donors (Lipinski definition) is 2. The number of nitrogens with zero attached hydrogens (tertiary/aromatic N) is 2. The molecule has 0 aromatic carbocycles. The zero-order valence-electron chi connectivity index (χ0n) is 11.9. The fourth-order valence-electron chi connectivity index (χ4n) is 2.45. The van der Waals surface area contributed by atoms with Crippen LogP contribution in [-0.4, -0.2) is 33.8 Å². The normalized spacial score (nSPS) is 17.9. The molecule has 1 fully saturated rings. The minimum atomic E-state index is -0.629. The Hall–Kier alpha value is -0.910. The van der Waals surface area contributed by atoms with Gasteiger partial charge in [0.2, 0.25) is 0 Å². The summed E-state index contributed by atoms with van der Waals surface area (Å²) >= 11 is 5.98. The molecule has 0 spiro atoms. The molecule has 1 saturated carbocycles. The average Bonchev–Trinajstić information content (AvgIpc) is 2.43. The molecule has 1 aromatic heterocycles. The summed E-state index contributed by atoms with van der Waals surface area (Å²) in [6.45, 7) is 3.37. The van der Waals surface area contributed by atoms with E-state index in [0.717, 1.165) is 25.7 Å². The summed E-state index contributed by atoms with van der Waals surface area (Å²) < 4.78 is 5.28. The largest absolute Gasteiger partial charge is 0.388 e. The fraction of sp³-hybridized carbons (Fsp3) is 0.714. The lowest BCUT2D eigenvalue weighted by Gasteiger charge is -2.32. The van der Waals surface area contributed by atoms with Crippen LogP contribution in [0.3, 0.4) is 0 Å². The number of ether oxygens (including phenoxy) is 1. The van der Waals surface area contributed by atoms with Crippen LogP contribution in [0.5, 0.6) is 0 Å². The second-order valence-corrected chi connectivity index (χ2v) is 5.66. The van der Waals surface area contributed by atoms with Gasteiger partial charge in [-0.2, -0.15) is 0 Å². The monoisotopic (exact) mass is 299 g/mol. The van der Waals surface area contributed by atoms with Gasteiger partial charge in [0.1, 0.15) is 17.6 Å². The molecule has 0 amide bonds. The lowest BCUT2D eigenvalue weighted by Crippen LogP contribution is -2.39. The molecule has 112 valence electrons. The Morgan fingerprint density at radius 3 is 2.80 bits per heavy atom. The van der Waals surface area contributed by atoms with Crippen LogP contribution < -0.4 is 5.32 Å². The predicted molar refractivity (Wildman–Crippen MR) is 78.9 cm³/mol. The molecular weight excluding hydrogens is 278 g/mol. The molecule has 2 rings (SSSR count). The lowest BCUT2D eigenvalue weighted by molar-refractivity contribution is 0.0166. The maximum absolute atomic E-state index is 10.4. The summed E-state index contributed by atoms with van der Waals surface area (Å²) in [6, 6.07) is 1.67. The van der Waals surface area contributed by atoms with Crippen LogP contribution >= 0.6 is 11.6 Å².